The van der Waals surface area contributed by atoms with Crippen LogP contribution < -0.4 is 0 Å². The van der Waals surface area contributed by atoms with Crippen LogP contribution in [-0.4, -0.2) is 55.7 Å². The molecule has 3 aliphatic rings. The van der Waals surface area contributed by atoms with E-state index in [4.69, 9.17) is 9.84 Å². The quantitative estimate of drug-likeness (QED) is 0.496. The average Bonchev–Trinajstić information content (AvgIpc) is 3.49. The maximum absolute atomic E-state index is 14.1. The van der Waals surface area contributed by atoms with E-state index in [-0.39, 0.29) is 11.4 Å². The van der Waals surface area contributed by atoms with Crippen LogP contribution in [0.1, 0.15) is 54.7 Å². The van der Waals surface area contributed by atoms with E-state index in [1.165, 1.54) is 5.56 Å². The summed E-state index contributed by atoms with van der Waals surface area (Å²) in [4.78, 5) is 16.2. The number of rotatable bonds is 4. The third-order valence-electron chi connectivity index (χ3n) is 8.01. The largest absolute Gasteiger partial charge is 0.377 e. The molecule has 6 rings (SSSR count). The van der Waals surface area contributed by atoms with Gasteiger partial charge in [-0.05, 0) is 69.7 Å². The molecule has 1 amide bonds. The van der Waals surface area contributed by atoms with Crippen molar-refractivity contribution in [2.45, 2.75) is 51.5 Å². The van der Waals surface area contributed by atoms with Crippen molar-refractivity contribution in [2.24, 2.45) is 7.05 Å². The van der Waals surface area contributed by atoms with Crippen LogP contribution in [0.25, 0.3) is 28.2 Å². The van der Waals surface area contributed by atoms with Gasteiger partial charge in [-0.2, -0.15) is 10.2 Å². The molecular weight excluding hydrogens is 450 g/mol. The van der Waals surface area contributed by atoms with E-state index in [2.05, 4.69) is 40.3 Å². The van der Waals surface area contributed by atoms with Crippen molar-refractivity contribution in [1.29, 1.82) is 0 Å². The van der Waals surface area contributed by atoms with Gasteiger partial charge < -0.3 is 9.64 Å². The van der Waals surface area contributed by atoms with Gasteiger partial charge in [0.05, 0.1) is 35.8 Å². The van der Waals surface area contributed by atoms with Crippen LogP contribution in [0.4, 0.5) is 0 Å². The minimum atomic E-state index is -0.155. The summed E-state index contributed by atoms with van der Waals surface area (Å²) < 4.78 is 9.61. The lowest BCUT2D eigenvalue weighted by Gasteiger charge is -2.52. The number of aromatic nitrogens is 4. The predicted molar refractivity (Wildman–Crippen MR) is 140 cm³/mol. The van der Waals surface area contributed by atoms with E-state index in [9.17, 15) is 4.79 Å². The van der Waals surface area contributed by atoms with Gasteiger partial charge in [0.25, 0.3) is 5.91 Å². The Bertz CT molecular complexity index is 1390. The summed E-state index contributed by atoms with van der Waals surface area (Å²) >= 11 is 0. The molecule has 7 heteroatoms. The average molecular weight is 484 g/mol. The molecule has 0 atom stereocenters. The van der Waals surface area contributed by atoms with Crippen LogP contribution in [-0.2, 0) is 24.6 Å². The highest BCUT2D eigenvalue weighted by atomic mass is 16.5. The van der Waals surface area contributed by atoms with Crippen molar-refractivity contribution in [3.8, 4) is 22.5 Å². The van der Waals surface area contributed by atoms with E-state index in [1.807, 2.05) is 48.6 Å². The highest BCUT2D eigenvalue weighted by Gasteiger charge is 2.48. The molecular formula is C29H33N5O2. The molecule has 1 aliphatic heterocycles. The fourth-order valence-corrected chi connectivity index (χ4v) is 5.96. The van der Waals surface area contributed by atoms with Crippen LogP contribution in [0.5, 0.6) is 0 Å². The minimum Gasteiger partial charge on any atom is -0.377 e. The first kappa shape index (κ1) is 23.0. The van der Waals surface area contributed by atoms with Gasteiger partial charge in [0.1, 0.15) is 0 Å². The maximum Gasteiger partial charge on any atom is 0.275 e. The summed E-state index contributed by atoms with van der Waals surface area (Å²) in [5.74, 6) is 0.0493. The molecule has 7 nitrogen and oxygen atoms in total. The number of carbonyl (C=O) groups excluding carboxylic acids is 1. The molecule has 1 spiro atoms. The Morgan fingerprint density at radius 2 is 2.00 bits per heavy atom. The van der Waals surface area contributed by atoms with E-state index < -0.39 is 0 Å². The summed E-state index contributed by atoms with van der Waals surface area (Å²) in [6.07, 6.45) is 13.0. The van der Waals surface area contributed by atoms with Crippen molar-refractivity contribution in [1.82, 2.24) is 24.5 Å². The molecule has 2 aliphatic carbocycles. The molecule has 0 unspecified atom stereocenters. The number of hydrogen-bond donors (Lipinski definition) is 0. The third-order valence-corrected chi connectivity index (χ3v) is 8.01. The first-order chi connectivity index (χ1) is 17.5. The van der Waals surface area contributed by atoms with Crippen molar-refractivity contribution >= 4 is 11.6 Å². The number of ether oxygens (including phenoxy) is 1. The molecule has 0 radical (unpaired) electrons. The van der Waals surface area contributed by atoms with E-state index >= 15 is 0 Å². The molecule has 2 fully saturated rings. The fourth-order valence-electron chi connectivity index (χ4n) is 5.96. The summed E-state index contributed by atoms with van der Waals surface area (Å²) in [5.41, 5.74) is 7.90. The molecule has 2 aromatic heterocycles. The van der Waals surface area contributed by atoms with Gasteiger partial charge in [0, 0.05) is 36.5 Å². The zero-order valence-electron chi connectivity index (χ0n) is 21.3. The Kier molecular flexibility index (Phi) is 5.67. The minimum absolute atomic E-state index is 0.0493. The van der Waals surface area contributed by atoms with Crippen LogP contribution in [0, 0.1) is 0 Å². The molecule has 1 saturated carbocycles. The van der Waals surface area contributed by atoms with Crippen molar-refractivity contribution in [2.75, 3.05) is 19.8 Å². The molecule has 36 heavy (non-hydrogen) atoms. The number of morpholine rings is 1. The van der Waals surface area contributed by atoms with Gasteiger partial charge in [-0.1, -0.05) is 24.3 Å². The maximum atomic E-state index is 14.1. The number of carbonyl (C=O) groups is 1. The lowest BCUT2D eigenvalue weighted by atomic mass is 9.75. The van der Waals surface area contributed by atoms with Crippen LogP contribution in [0.3, 0.4) is 0 Å². The summed E-state index contributed by atoms with van der Waals surface area (Å²) in [6, 6.07) is 8.60. The van der Waals surface area contributed by atoms with E-state index in [1.54, 1.807) is 0 Å². The second kappa shape index (κ2) is 8.89. The number of aryl methyl sites for hydroxylation is 2. The molecule has 186 valence electrons. The number of benzene rings is 1. The number of amides is 1. The zero-order valence-corrected chi connectivity index (χ0v) is 21.3. The number of nitrogens with zero attached hydrogens (tertiary/aromatic N) is 5. The Balaban J connectivity index is 1.51. The third kappa shape index (κ3) is 3.56. The summed E-state index contributed by atoms with van der Waals surface area (Å²) in [6.45, 7) is 5.88. The second-order valence-electron chi connectivity index (χ2n) is 10.1. The number of allylic oxidation sites excluding steroid dienone is 4. The highest BCUT2D eigenvalue weighted by Crippen LogP contribution is 2.43. The highest BCUT2D eigenvalue weighted by molar-refractivity contribution is 5.97. The standard InChI is InChI=1S/C29H33N5O2/c1-4-7-22(5-2)34-27-23(26(31-34)28(35)33-16-17-36-19-29(33)13-6-14-29)11-10-20-8-9-21(18-24(20)27)25-12-15-32(3)30-25/h4-5,7-9,12,15,18H,6,10-11,13-14,16-17,19H2,1-3H3/b7-4-,22-5+. The van der Waals surface area contributed by atoms with E-state index in [0.29, 0.717) is 25.5 Å². The van der Waals surface area contributed by atoms with Gasteiger partial charge in [-0.25, -0.2) is 4.68 Å². The van der Waals surface area contributed by atoms with Gasteiger partial charge in [0.2, 0.25) is 0 Å². The van der Waals surface area contributed by atoms with E-state index in [0.717, 1.165) is 65.9 Å². The predicted octanol–water partition coefficient (Wildman–Crippen LogP) is 4.88. The van der Waals surface area contributed by atoms with Gasteiger partial charge in [-0.3, -0.25) is 9.48 Å². The molecule has 1 aromatic carbocycles. The summed E-state index contributed by atoms with van der Waals surface area (Å²) in [7, 11) is 1.93. The van der Waals surface area contributed by atoms with Crippen molar-refractivity contribution < 1.29 is 9.53 Å². The smallest absolute Gasteiger partial charge is 0.275 e. The first-order valence-electron chi connectivity index (χ1n) is 13.0. The molecule has 0 bridgehead atoms. The Hall–Kier alpha value is -3.45. The monoisotopic (exact) mass is 483 g/mol. The zero-order chi connectivity index (χ0) is 24.9. The van der Waals surface area contributed by atoms with Crippen LogP contribution >= 0.6 is 0 Å². The Labute approximate surface area is 212 Å². The molecule has 0 N–H and O–H groups in total. The van der Waals surface area contributed by atoms with Gasteiger partial charge in [-0.15, -0.1) is 0 Å². The Morgan fingerprint density at radius 1 is 1.14 bits per heavy atom. The number of fused-ring (bicyclic) bond motifs is 3. The molecule has 1 saturated heterocycles. The SMILES string of the molecule is C/C=C\C(=C/C)n1nc(C(=O)N2CCOCC23CCC3)c2c1-c1cc(-c3ccn(C)n3)ccc1CC2. The normalized spacial score (nSPS) is 18.9. The lowest BCUT2D eigenvalue weighted by Crippen LogP contribution is -2.62. The topological polar surface area (TPSA) is 65.2 Å². The number of hydrogen-bond acceptors (Lipinski definition) is 4. The van der Waals surface area contributed by atoms with Gasteiger partial charge in [0.15, 0.2) is 5.69 Å². The Morgan fingerprint density at radius 3 is 2.69 bits per heavy atom. The molecule has 3 aromatic rings. The summed E-state index contributed by atoms with van der Waals surface area (Å²) in [5, 5.41) is 9.65. The lowest BCUT2D eigenvalue weighted by molar-refractivity contribution is -0.0879. The first-order valence-corrected chi connectivity index (χ1v) is 13.0. The second-order valence-corrected chi connectivity index (χ2v) is 10.1. The fraction of sp³-hybridized carbons (Fsp3) is 0.414. The van der Waals surface area contributed by atoms with Crippen LogP contribution in [0.2, 0.25) is 0 Å². The van der Waals surface area contributed by atoms with Crippen molar-refractivity contribution in [3.05, 3.63) is 65.5 Å². The van der Waals surface area contributed by atoms with Crippen LogP contribution in [0.15, 0.2) is 48.7 Å². The molecule has 3 heterocycles. The van der Waals surface area contributed by atoms with Gasteiger partial charge >= 0.3 is 0 Å². The van der Waals surface area contributed by atoms with Crippen molar-refractivity contribution in [3.63, 3.8) is 0 Å².